The summed E-state index contributed by atoms with van der Waals surface area (Å²) in [7, 11) is 0. The number of rotatable bonds is 3. The van der Waals surface area contributed by atoms with Crippen molar-refractivity contribution in [1.29, 1.82) is 0 Å². The van der Waals surface area contributed by atoms with Crippen LogP contribution in [0.5, 0.6) is 0 Å². The van der Waals surface area contributed by atoms with Crippen LogP contribution in [0, 0.1) is 17.2 Å². The monoisotopic (exact) mass is 292 g/mol. The number of hydrogen-bond acceptors (Lipinski definition) is 2. The first-order chi connectivity index (χ1) is 9.79. The van der Waals surface area contributed by atoms with Gasteiger partial charge in [-0.05, 0) is 43.0 Å². The molecule has 4 heteroatoms. The minimum absolute atomic E-state index is 0.00954. The fourth-order valence-electron chi connectivity index (χ4n) is 2.92. The van der Waals surface area contributed by atoms with Crippen LogP contribution in [0.15, 0.2) is 24.3 Å². The van der Waals surface area contributed by atoms with E-state index in [0.29, 0.717) is 0 Å². The molecule has 1 aliphatic heterocycles. The second kappa shape index (κ2) is 6.14. The number of amides is 1. The van der Waals surface area contributed by atoms with Crippen molar-refractivity contribution < 1.29 is 9.18 Å². The van der Waals surface area contributed by atoms with Gasteiger partial charge in [0.25, 0.3) is 0 Å². The molecule has 0 radical (unpaired) electrons. The lowest BCUT2D eigenvalue weighted by Gasteiger charge is -2.33. The molecule has 1 heterocycles. The molecule has 0 bridgehead atoms. The zero-order valence-corrected chi connectivity index (χ0v) is 13.2. The predicted octanol–water partition coefficient (Wildman–Crippen LogP) is 3.03. The third-order valence-corrected chi connectivity index (χ3v) is 4.22. The number of benzene rings is 1. The molecule has 1 fully saturated rings. The number of hydrogen-bond donors (Lipinski definition) is 2. The molecular formula is C17H25FN2O. The van der Waals surface area contributed by atoms with E-state index in [1.165, 1.54) is 12.1 Å². The van der Waals surface area contributed by atoms with E-state index in [1.807, 2.05) is 6.92 Å². The maximum atomic E-state index is 13.1. The van der Waals surface area contributed by atoms with Gasteiger partial charge in [-0.3, -0.25) is 4.79 Å². The number of nitrogens with one attached hydrogen (secondary N) is 2. The van der Waals surface area contributed by atoms with Crippen molar-refractivity contribution in [2.45, 2.75) is 46.2 Å². The second-order valence-corrected chi connectivity index (χ2v) is 7.00. The Labute approximate surface area is 126 Å². The Morgan fingerprint density at radius 1 is 1.33 bits per heavy atom. The fraction of sp³-hybridized carbons (Fsp3) is 0.588. The van der Waals surface area contributed by atoms with E-state index < -0.39 is 0 Å². The molecule has 0 aliphatic carbocycles. The highest BCUT2D eigenvalue weighted by atomic mass is 19.1. The molecule has 1 saturated heterocycles. The third kappa shape index (κ3) is 3.82. The average molecular weight is 292 g/mol. The molecule has 1 aromatic rings. The van der Waals surface area contributed by atoms with Gasteiger partial charge in [0.05, 0.1) is 12.0 Å². The quantitative estimate of drug-likeness (QED) is 0.899. The van der Waals surface area contributed by atoms with Crippen molar-refractivity contribution in [3.8, 4) is 0 Å². The Bertz CT molecular complexity index is 493. The van der Waals surface area contributed by atoms with Crippen LogP contribution in [0.4, 0.5) is 4.39 Å². The van der Waals surface area contributed by atoms with Crippen molar-refractivity contribution in [2.75, 3.05) is 6.54 Å². The van der Waals surface area contributed by atoms with E-state index in [1.54, 1.807) is 12.1 Å². The molecule has 3 unspecified atom stereocenters. The van der Waals surface area contributed by atoms with E-state index >= 15 is 0 Å². The summed E-state index contributed by atoms with van der Waals surface area (Å²) in [6.45, 7) is 9.17. The lowest BCUT2D eigenvalue weighted by Crippen LogP contribution is -2.42. The first kappa shape index (κ1) is 16.0. The Morgan fingerprint density at radius 2 is 1.95 bits per heavy atom. The molecule has 1 amide bonds. The van der Waals surface area contributed by atoms with Crippen LogP contribution >= 0.6 is 0 Å². The highest BCUT2D eigenvalue weighted by molar-refractivity contribution is 5.80. The van der Waals surface area contributed by atoms with E-state index in [-0.39, 0.29) is 35.1 Å². The largest absolute Gasteiger partial charge is 0.348 e. The molecule has 3 atom stereocenters. The summed E-state index contributed by atoms with van der Waals surface area (Å²) in [4.78, 5) is 12.5. The van der Waals surface area contributed by atoms with Gasteiger partial charge >= 0.3 is 0 Å². The molecular weight excluding hydrogens is 267 g/mol. The van der Waals surface area contributed by atoms with Crippen LogP contribution in [0.1, 0.15) is 45.7 Å². The van der Waals surface area contributed by atoms with Crippen LogP contribution < -0.4 is 10.6 Å². The molecule has 2 N–H and O–H groups in total. The molecule has 0 saturated carbocycles. The van der Waals surface area contributed by atoms with E-state index in [2.05, 4.69) is 31.4 Å². The fourth-order valence-corrected chi connectivity index (χ4v) is 2.92. The van der Waals surface area contributed by atoms with Crippen molar-refractivity contribution in [1.82, 2.24) is 10.6 Å². The average Bonchev–Trinajstić information content (AvgIpc) is 2.82. The zero-order valence-electron chi connectivity index (χ0n) is 13.2. The third-order valence-electron chi connectivity index (χ3n) is 4.22. The number of carbonyl (C=O) groups excluding carboxylic acids is 1. The van der Waals surface area contributed by atoms with Crippen LogP contribution in [0.3, 0.4) is 0 Å². The molecule has 1 aromatic carbocycles. The predicted molar refractivity (Wildman–Crippen MR) is 82.3 cm³/mol. The van der Waals surface area contributed by atoms with Crippen molar-refractivity contribution >= 4 is 5.91 Å². The Hall–Kier alpha value is -1.42. The molecule has 0 spiro atoms. The standard InChI is InChI=1S/C17H25FN2O/c1-11-14(9-10-19-11)16(21)20-15(17(2,3)4)12-5-7-13(18)8-6-12/h5-8,11,14-15,19H,9-10H2,1-4H3,(H,20,21). The Kier molecular flexibility index (Phi) is 4.67. The molecule has 21 heavy (non-hydrogen) atoms. The highest BCUT2D eigenvalue weighted by Crippen LogP contribution is 2.33. The molecule has 3 nitrogen and oxygen atoms in total. The minimum atomic E-state index is -0.258. The maximum Gasteiger partial charge on any atom is 0.225 e. The SMILES string of the molecule is CC1NCCC1C(=O)NC(c1ccc(F)cc1)C(C)(C)C. The topological polar surface area (TPSA) is 41.1 Å². The first-order valence-corrected chi connectivity index (χ1v) is 7.58. The molecule has 2 rings (SSSR count). The summed E-state index contributed by atoms with van der Waals surface area (Å²) >= 11 is 0. The van der Waals surface area contributed by atoms with E-state index in [4.69, 9.17) is 0 Å². The van der Waals surface area contributed by atoms with Crippen LogP contribution in [0.2, 0.25) is 0 Å². The van der Waals surface area contributed by atoms with Gasteiger partial charge in [-0.1, -0.05) is 32.9 Å². The van der Waals surface area contributed by atoms with Crippen molar-refractivity contribution in [3.63, 3.8) is 0 Å². The summed E-state index contributed by atoms with van der Waals surface area (Å²) in [5.74, 6) is -0.168. The van der Waals surface area contributed by atoms with Crippen LogP contribution in [-0.4, -0.2) is 18.5 Å². The summed E-state index contributed by atoms with van der Waals surface area (Å²) in [6, 6.07) is 6.47. The zero-order chi connectivity index (χ0) is 15.6. The smallest absolute Gasteiger partial charge is 0.225 e. The van der Waals surface area contributed by atoms with Crippen LogP contribution in [0.25, 0.3) is 0 Å². The number of halogens is 1. The summed E-state index contributed by atoms with van der Waals surface area (Å²) in [5, 5.41) is 6.46. The van der Waals surface area contributed by atoms with Crippen molar-refractivity contribution in [3.05, 3.63) is 35.6 Å². The normalized spacial score (nSPS) is 23.9. The van der Waals surface area contributed by atoms with E-state index in [0.717, 1.165) is 18.5 Å². The summed E-state index contributed by atoms with van der Waals surface area (Å²) in [6.07, 6.45) is 0.868. The van der Waals surface area contributed by atoms with E-state index in [9.17, 15) is 9.18 Å². The number of carbonyl (C=O) groups is 1. The van der Waals surface area contributed by atoms with Crippen molar-refractivity contribution in [2.24, 2.45) is 11.3 Å². The Morgan fingerprint density at radius 3 is 2.43 bits per heavy atom. The summed E-state index contributed by atoms with van der Waals surface area (Å²) < 4.78 is 13.1. The van der Waals surface area contributed by atoms with Gasteiger partial charge < -0.3 is 10.6 Å². The van der Waals surface area contributed by atoms with Crippen LogP contribution in [-0.2, 0) is 4.79 Å². The lowest BCUT2D eigenvalue weighted by molar-refractivity contribution is -0.126. The van der Waals surface area contributed by atoms with Gasteiger partial charge in [0, 0.05) is 6.04 Å². The summed E-state index contributed by atoms with van der Waals surface area (Å²) in [5.41, 5.74) is 0.804. The highest BCUT2D eigenvalue weighted by Gasteiger charge is 2.34. The van der Waals surface area contributed by atoms with Gasteiger partial charge in [-0.15, -0.1) is 0 Å². The lowest BCUT2D eigenvalue weighted by atomic mass is 9.82. The van der Waals surface area contributed by atoms with Gasteiger partial charge in [-0.2, -0.15) is 0 Å². The minimum Gasteiger partial charge on any atom is -0.348 e. The maximum absolute atomic E-state index is 13.1. The Balaban J connectivity index is 2.17. The van der Waals surface area contributed by atoms with Gasteiger partial charge in [0.15, 0.2) is 0 Å². The molecule has 0 aromatic heterocycles. The van der Waals surface area contributed by atoms with Gasteiger partial charge in [0.1, 0.15) is 5.82 Å². The molecule has 116 valence electrons. The van der Waals surface area contributed by atoms with Gasteiger partial charge in [-0.25, -0.2) is 4.39 Å². The first-order valence-electron chi connectivity index (χ1n) is 7.58. The molecule has 1 aliphatic rings. The van der Waals surface area contributed by atoms with Gasteiger partial charge in [0.2, 0.25) is 5.91 Å². The second-order valence-electron chi connectivity index (χ2n) is 7.00.